The Kier molecular flexibility index (Phi) is 3.85. The molecule has 1 saturated carbocycles. The zero-order valence-corrected chi connectivity index (χ0v) is 10.7. The second-order valence-corrected chi connectivity index (χ2v) is 5.47. The van der Waals surface area contributed by atoms with Crippen LogP contribution in [0.1, 0.15) is 50.5 Å². The summed E-state index contributed by atoms with van der Waals surface area (Å²) < 4.78 is 0. The van der Waals surface area contributed by atoms with Crippen LogP contribution in [0.2, 0.25) is 0 Å². The van der Waals surface area contributed by atoms with Crippen LogP contribution in [0.5, 0.6) is 0 Å². The van der Waals surface area contributed by atoms with E-state index in [1.807, 2.05) is 6.07 Å². The van der Waals surface area contributed by atoms with E-state index >= 15 is 0 Å². The third-order valence-corrected chi connectivity index (χ3v) is 4.36. The maximum atomic E-state index is 6.44. The fraction of sp³-hybridized carbons (Fsp3) is 0.600. The summed E-state index contributed by atoms with van der Waals surface area (Å²) >= 11 is 0. The summed E-state index contributed by atoms with van der Waals surface area (Å²) in [5.74, 6) is 0.679. The first-order chi connectivity index (χ1) is 8.12. The molecular weight excluding hydrogens is 208 g/mol. The van der Waals surface area contributed by atoms with E-state index in [1.165, 1.54) is 37.7 Å². The predicted octanol–water partition coefficient (Wildman–Crippen LogP) is 2.98. The monoisotopic (exact) mass is 232 g/mol. The smallest absolute Gasteiger partial charge is 0.0733 e. The van der Waals surface area contributed by atoms with Crippen molar-refractivity contribution >= 4 is 0 Å². The van der Waals surface area contributed by atoms with Crippen molar-refractivity contribution in [1.82, 2.24) is 0 Å². The van der Waals surface area contributed by atoms with Gasteiger partial charge in [-0.25, -0.2) is 0 Å². The van der Waals surface area contributed by atoms with Crippen LogP contribution in [-0.2, 0) is 0 Å². The number of nitrogens with two attached hydrogens (primary N) is 2. The van der Waals surface area contributed by atoms with Crippen LogP contribution in [0.4, 0.5) is 0 Å². The summed E-state index contributed by atoms with van der Waals surface area (Å²) in [5.41, 5.74) is 13.6. The zero-order chi connectivity index (χ0) is 12.3. The summed E-state index contributed by atoms with van der Waals surface area (Å²) in [6.45, 7) is 2.16. The highest BCUT2D eigenvalue weighted by molar-refractivity contribution is 5.23. The fourth-order valence-corrected chi connectivity index (χ4v) is 2.99. The van der Waals surface area contributed by atoms with Gasteiger partial charge in [0.15, 0.2) is 0 Å². The number of hydrogen-bond donors (Lipinski definition) is 2. The summed E-state index contributed by atoms with van der Waals surface area (Å²) in [4.78, 5) is 0. The summed E-state index contributed by atoms with van der Waals surface area (Å²) in [6.07, 6.45) is 6.27. The van der Waals surface area contributed by atoms with Gasteiger partial charge in [0.2, 0.25) is 0 Å². The topological polar surface area (TPSA) is 52.0 Å². The Morgan fingerprint density at radius 1 is 1.06 bits per heavy atom. The average molecular weight is 232 g/mol. The highest BCUT2D eigenvalue weighted by Gasteiger charge is 2.37. The first-order valence-corrected chi connectivity index (χ1v) is 6.75. The van der Waals surface area contributed by atoms with Gasteiger partial charge in [-0.05, 0) is 24.3 Å². The molecule has 0 radical (unpaired) electrons. The molecule has 0 aliphatic heterocycles. The van der Waals surface area contributed by atoms with Gasteiger partial charge in [-0.2, -0.15) is 0 Å². The van der Waals surface area contributed by atoms with Crippen molar-refractivity contribution < 1.29 is 0 Å². The minimum Gasteiger partial charge on any atom is -0.313 e. The number of rotatable bonds is 3. The standard InChI is InChI=1S/C15H24N2/c1-12(13-8-4-2-5-9-13)15(16,17)14-10-6-3-7-11-14/h2,4-5,8-9,12,14H,3,6-7,10-11,16-17H2,1H3. The van der Waals surface area contributed by atoms with Gasteiger partial charge in [-0.3, -0.25) is 0 Å². The molecule has 0 spiro atoms. The maximum Gasteiger partial charge on any atom is 0.0733 e. The van der Waals surface area contributed by atoms with Crippen LogP contribution in [0, 0.1) is 5.92 Å². The molecule has 2 nitrogen and oxygen atoms in total. The SMILES string of the molecule is CC(c1ccccc1)C(N)(N)C1CCCCC1. The van der Waals surface area contributed by atoms with E-state index in [9.17, 15) is 0 Å². The minimum absolute atomic E-state index is 0.215. The Bertz CT molecular complexity index is 339. The van der Waals surface area contributed by atoms with Gasteiger partial charge in [0, 0.05) is 5.92 Å². The normalized spacial score (nSPS) is 20.2. The van der Waals surface area contributed by atoms with Gasteiger partial charge in [0.25, 0.3) is 0 Å². The third kappa shape index (κ3) is 2.70. The Balaban J connectivity index is 2.13. The van der Waals surface area contributed by atoms with E-state index in [0.717, 1.165) is 0 Å². The Morgan fingerprint density at radius 3 is 2.24 bits per heavy atom. The lowest BCUT2D eigenvalue weighted by Crippen LogP contribution is -2.59. The summed E-state index contributed by atoms with van der Waals surface area (Å²) in [6, 6.07) is 10.4. The quantitative estimate of drug-likeness (QED) is 0.787. The molecule has 1 aliphatic rings. The molecule has 2 rings (SSSR count). The van der Waals surface area contributed by atoms with Crippen molar-refractivity contribution in [3.63, 3.8) is 0 Å². The molecule has 0 aromatic heterocycles. The molecule has 4 N–H and O–H groups in total. The molecule has 17 heavy (non-hydrogen) atoms. The lowest BCUT2D eigenvalue weighted by molar-refractivity contribution is 0.183. The van der Waals surface area contributed by atoms with Crippen LogP contribution in [0.25, 0.3) is 0 Å². The van der Waals surface area contributed by atoms with Crippen LogP contribution >= 0.6 is 0 Å². The number of benzene rings is 1. The third-order valence-electron chi connectivity index (χ3n) is 4.36. The van der Waals surface area contributed by atoms with Gasteiger partial charge < -0.3 is 11.5 Å². The van der Waals surface area contributed by atoms with Crippen molar-refractivity contribution in [2.75, 3.05) is 0 Å². The first kappa shape index (κ1) is 12.6. The predicted molar refractivity (Wildman–Crippen MR) is 72.5 cm³/mol. The van der Waals surface area contributed by atoms with Gasteiger partial charge in [-0.15, -0.1) is 0 Å². The second kappa shape index (κ2) is 5.19. The molecule has 0 amide bonds. The summed E-state index contributed by atoms with van der Waals surface area (Å²) in [7, 11) is 0. The maximum absolute atomic E-state index is 6.44. The summed E-state index contributed by atoms with van der Waals surface area (Å²) in [5, 5.41) is 0. The van der Waals surface area contributed by atoms with Gasteiger partial charge in [0.1, 0.15) is 0 Å². The lowest BCUT2D eigenvalue weighted by atomic mass is 9.73. The molecule has 1 unspecified atom stereocenters. The largest absolute Gasteiger partial charge is 0.313 e. The molecule has 1 aliphatic carbocycles. The molecule has 1 fully saturated rings. The highest BCUT2D eigenvalue weighted by atomic mass is 15.0. The van der Waals surface area contributed by atoms with Crippen molar-refractivity contribution in [3.8, 4) is 0 Å². The van der Waals surface area contributed by atoms with Crippen LogP contribution in [0.15, 0.2) is 30.3 Å². The second-order valence-electron chi connectivity index (χ2n) is 5.47. The Hall–Kier alpha value is -0.860. The highest BCUT2D eigenvalue weighted by Crippen LogP contribution is 2.36. The van der Waals surface area contributed by atoms with E-state index in [0.29, 0.717) is 5.92 Å². The Labute approximate surface area is 104 Å². The van der Waals surface area contributed by atoms with E-state index in [2.05, 4.69) is 31.2 Å². The lowest BCUT2D eigenvalue weighted by Gasteiger charge is -2.41. The minimum atomic E-state index is -0.568. The van der Waals surface area contributed by atoms with E-state index in [1.54, 1.807) is 0 Å². The molecular formula is C15H24N2. The van der Waals surface area contributed by atoms with E-state index in [-0.39, 0.29) is 5.92 Å². The van der Waals surface area contributed by atoms with Crippen molar-refractivity contribution in [1.29, 1.82) is 0 Å². The Morgan fingerprint density at radius 2 is 1.65 bits per heavy atom. The molecule has 0 bridgehead atoms. The van der Waals surface area contributed by atoms with Gasteiger partial charge in [0.05, 0.1) is 5.66 Å². The van der Waals surface area contributed by atoms with Gasteiger partial charge in [-0.1, -0.05) is 56.5 Å². The molecule has 2 heteroatoms. The van der Waals surface area contributed by atoms with E-state index < -0.39 is 5.66 Å². The van der Waals surface area contributed by atoms with Crippen LogP contribution in [-0.4, -0.2) is 5.66 Å². The van der Waals surface area contributed by atoms with Crippen molar-refractivity contribution in [3.05, 3.63) is 35.9 Å². The first-order valence-electron chi connectivity index (χ1n) is 6.75. The molecule has 1 aromatic rings. The molecule has 94 valence electrons. The van der Waals surface area contributed by atoms with E-state index in [4.69, 9.17) is 11.5 Å². The number of hydrogen-bond acceptors (Lipinski definition) is 2. The molecule has 1 atom stereocenters. The molecule has 0 saturated heterocycles. The average Bonchev–Trinajstić information content (AvgIpc) is 2.40. The van der Waals surface area contributed by atoms with Crippen molar-refractivity contribution in [2.45, 2.75) is 50.6 Å². The zero-order valence-electron chi connectivity index (χ0n) is 10.7. The van der Waals surface area contributed by atoms with Crippen molar-refractivity contribution in [2.24, 2.45) is 17.4 Å². The molecule has 0 heterocycles. The van der Waals surface area contributed by atoms with Gasteiger partial charge >= 0.3 is 0 Å². The fourth-order valence-electron chi connectivity index (χ4n) is 2.99. The van der Waals surface area contributed by atoms with Crippen LogP contribution in [0.3, 0.4) is 0 Å². The molecule has 1 aromatic carbocycles. The van der Waals surface area contributed by atoms with Crippen LogP contribution < -0.4 is 11.5 Å².